The summed E-state index contributed by atoms with van der Waals surface area (Å²) >= 11 is 0. The van der Waals surface area contributed by atoms with Crippen LogP contribution in [0.5, 0.6) is 5.75 Å². The summed E-state index contributed by atoms with van der Waals surface area (Å²) in [6, 6.07) is 13.2. The highest BCUT2D eigenvalue weighted by Gasteiger charge is 2.14. The quantitative estimate of drug-likeness (QED) is 0.255. The lowest BCUT2D eigenvalue weighted by atomic mass is 10.0. The number of nitrogens with one attached hydrogen (secondary N) is 1. The second kappa shape index (κ2) is 14.8. The van der Waals surface area contributed by atoms with Crippen LogP contribution in [0.1, 0.15) is 52.0 Å². The highest BCUT2D eigenvalue weighted by Crippen LogP contribution is 2.34. The summed E-state index contributed by atoms with van der Waals surface area (Å²) in [5, 5.41) is 12.4. The lowest BCUT2D eigenvalue weighted by Gasteiger charge is -2.20. The van der Waals surface area contributed by atoms with Gasteiger partial charge >= 0.3 is 12.0 Å². The van der Waals surface area contributed by atoms with Crippen LogP contribution in [0.25, 0.3) is 17.2 Å². The number of urea groups is 1. The Hall–Kier alpha value is -3.32. The van der Waals surface area contributed by atoms with Crippen molar-refractivity contribution in [3.63, 3.8) is 0 Å². The first-order chi connectivity index (χ1) is 16.9. The Morgan fingerprint density at radius 1 is 1.06 bits per heavy atom. The van der Waals surface area contributed by atoms with Crippen LogP contribution in [0.3, 0.4) is 0 Å². The van der Waals surface area contributed by atoms with Crippen molar-refractivity contribution in [3.8, 4) is 16.9 Å². The lowest BCUT2D eigenvalue weighted by molar-refractivity contribution is -0.132. The second-order valence-electron chi connectivity index (χ2n) is 8.18. The zero-order valence-corrected chi connectivity index (χ0v) is 21.3. The molecule has 0 aliphatic carbocycles. The van der Waals surface area contributed by atoms with Gasteiger partial charge in [0.25, 0.3) is 0 Å². The van der Waals surface area contributed by atoms with Gasteiger partial charge in [0.15, 0.2) is 0 Å². The average Bonchev–Trinajstić information content (AvgIpc) is 2.87. The number of aliphatic carboxylic acids is 1. The standard InChI is InChI=1S/C28H38N2O5/c1-5-8-9-15-29-28(33)30(4)24-12-10-11-23(20-24)25-14-13-21(18-22(6-2)27(31)32)19-26(25)35-17-16-34-7-3/h10-14,18-20H,5-9,15-17H2,1-4H3,(H,29,33)(H,31,32)/b22-18-. The Kier molecular flexibility index (Phi) is 11.8. The Morgan fingerprint density at radius 3 is 2.54 bits per heavy atom. The van der Waals surface area contributed by atoms with Gasteiger partial charge in [0.2, 0.25) is 0 Å². The Bertz CT molecular complexity index is 1000. The number of carbonyl (C=O) groups excluding carboxylic acids is 1. The summed E-state index contributed by atoms with van der Waals surface area (Å²) in [5.74, 6) is -0.304. The van der Waals surface area contributed by atoms with Crippen molar-refractivity contribution in [1.29, 1.82) is 0 Å². The number of ether oxygens (including phenoxy) is 2. The molecule has 0 spiro atoms. The Labute approximate surface area is 208 Å². The molecule has 7 heteroatoms. The topological polar surface area (TPSA) is 88.1 Å². The molecule has 0 aliphatic heterocycles. The minimum atomic E-state index is -0.931. The number of nitrogens with zero attached hydrogens (tertiary/aromatic N) is 1. The van der Waals surface area contributed by atoms with E-state index < -0.39 is 5.97 Å². The summed E-state index contributed by atoms with van der Waals surface area (Å²) in [7, 11) is 1.75. The average molecular weight is 483 g/mol. The zero-order chi connectivity index (χ0) is 25.6. The third kappa shape index (κ3) is 8.76. The molecule has 0 saturated heterocycles. The molecule has 35 heavy (non-hydrogen) atoms. The molecular formula is C28H38N2O5. The predicted octanol–water partition coefficient (Wildman–Crippen LogP) is 5.98. The molecule has 0 saturated carbocycles. The smallest absolute Gasteiger partial charge is 0.331 e. The highest BCUT2D eigenvalue weighted by atomic mass is 16.5. The van der Waals surface area contributed by atoms with E-state index in [9.17, 15) is 14.7 Å². The second-order valence-corrected chi connectivity index (χ2v) is 8.18. The SMILES string of the molecule is CCCCCNC(=O)N(C)c1cccc(-c2ccc(/C=C(/CC)C(=O)O)cc2OCCOCC)c1. The van der Waals surface area contributed by atoms with E-state index in [0.29, 0.717) is 44.1 Å². The van der Waals surface area contributed by atoms with E-state index in [1.165, 1.54) is 0 Å². The number of anilines is 1. The van der Waals surface area contributed by atoms with Gasteiger partial charge in [-0.05, 0) is 55.2 Å². The van der Waals surface area contributed by atoms with E-state index in [0.717, 1.165) is 41.6 Å². The third-order valence-electron chi connectivity index (χ3n) is 5.60. The van der Waals surface area contributed by atoms with Gasteiger partial charge in [0.05, 0.1) is 6.61 Å². The monoisotopic (exact) mass is 482 g/mol. The highest BCUT2D eigenvalue weighted by molar-refractivity contribution is 5.93. The maximum atomic E-state index is 12.6. The first-order valence-corrected chi connectivity index (χ1v) is 12.3. The van der Waals surface area contributed by atoms with E-state index >= 15 is 0 Å². The van der Waals surface area contributed by atoms with Gasteiger partial charge in [0.1, 0.15) is 12.4 Å². The van der Waals surface area contributed by atoms with Gasteiger partial charge in [-0.3, -0.25) is 4.90 Å². The molecular weight excluding hydrogens is 444 g/mol. The van der Waals surface area contributed by atoms with Crippen LogP contribution in [-0.2, 0) is 9.53 Å². The van der Waals surface area contributed by atoms with Gasteiger partial charge in [-0.2, -0.15) is 0 Å². The molecule has 0 bridgehead atoms. The number of benzene rings is 2. The molecule has 0 atom stereocenters. The first-order valence-electron chi connectivity index (χ1n) is 12.3. The van der Waals surface area contributed by atoms with Gasteiger partial charge in [0, 0.05) is 37.0 Å². The molecule has 2 rings (SSSR count). The van der Waals surface area contributed by atoms with Crippen LogP contribution in [0, 0.1) is 0 Å². The molecule has 2 amide bonds. The molecule has 190 valence electrons. The predicted molar refractivity (Wildman–Crippen MR) is 141 cm³/mol. The molecule has 0 heterocycles. The number of carboxylic acid groups (broad SMARTS) is 1. The van der Waals surface area contributed by atoms with Crippen molar-refractivity contribution >= 4 is 23.8 Å². The number of carboxylic acids is 1. The Morgan fingerprint density at radius 2 is 1.86 bits per heavy atom. The van der Waals surface area contributed by atoms with E-state index in [-0.39, 0.29) is 6.03 Å². The van der Waals surface area contributed by atoms with Crippen LogP contribution in [-0.4, -0.2) is 50.5 Å². The van der Waals surface area contributed by atoms with Crippen molar-refractivity contribution in [2.24, 2.45) is 0 Å². The third-order valence-corrected chi connectivity index (χ3v) is 5.60. The number of carbonyl (C=O) groups is 2. The molecule has 0 radical (unpaired) electrons. The molecule has 2 aromatic rings. The normalized spacial score (nSPS) is 11.3. The molecule has 7 nitrogen and oxygen atoms in total. The maximum absolute atomic E-state index is 12.6. The summed E-state index contributed by atoms with van der Waals surface area (Å²) in [6.45, 7) is 7.95. The molecule has 2 aromatic carbocycles. The first kappa shape index (κ1) is 27.9. The molecule has 0 aliphatic rings. The summed E-state index contributed by atoms with van der Waals surface area (Å²) in [5.41, 5.74) is 3.58. The van der Waals surface area contributed by atoms with E-state index in [1.807, 2.05) is 56.3 Å². The lowest BCUT2D eigenvalue weighted by Crippen LogP contribution is -2.37. The number of amides is 2. The Balaban J connectivity index is 2.33. The molecule has 0 unspecified atom stereocenters. The van der Waals surface area contributed by atoms with Crippen LogP contribution >= 0.6 is 0 Å². The van der Waals surface area contributed by atoms with E-state index in [4.69, 9.17) is 9.47 Å². The van der Waals surface area contributed by atoms with Crippen molar-refractivity contribution in [2.45, 2.75) is 46.5 Å². The van der Waals surface area contributed by atoms with Crippen LogP contribution in [0.4, 0.5) is 10.5 Å². The maximum Gasteiger partial charge on any atom is 0.331 e. The number of rotatable bonds is 14. The van der Waals surface area contributed by atoms with Crippen molar-refractivity contribution in [1.82, 2.24) is 5.32 Å². The summed E-state index contributed by atoms with van der Waals surface area (Å²) in [4.78, 5) is 25.6. The number of hydrogen-bond donors (Lipinski definition) is 2. The van der Waals surface area contributed by atoms with E-state index in [1.54, 1.807) is 18.0 Å². The number of unbranched alkanes of at least 4 members (excludes halogenated alkanes) is 2. The largest absolute Gasteiger partial charge is 0.491 e. The zero-order valence-electron chi connectivity index (χ0n) is 21.3. The van der Waals surface area contributed by atoms with Gasteiger partial charge in [-0.1, -0.05) is 51.0 Å². The summed E-state index contributed by atoms with van der Waals surface area (Å²) < 4.78 is 11.4. The van der Waals surface area contributed by atoms with Crippen LogP contribution < -0.4 is 15.0 Å². The number of hydrogen-bond acceptors (Lipinski definition) is 4. The van der Waals surface area contributed by atoms with Gasteiger partial charge < -0.3 is 19.9 Å². The van der Waals surface area contributed by atoms with Crippen LogP contribution in [0.15, 0.2) is 48.0 Å². The molecule has 2 N–H and O–H groups in total. The fourth-order valence-electron chi connectivity index (χ4n) is 3.55. The van der Waals surface area contributed by atoms with Gasteiger partial charge in [-0.15, -0.1) is 0 Å². The van der Waals surface area contributed by atoms with E-state index in [2.05, 4.69) is 12.2 Å². The fourth-order valence-corrected chi connectivity index (χ4v) is 3.55. The summed E-state index contributed by atoms with van der Waals surface area (Å²) in [6.07, 6.45) is 5.23. The minimum Gasteiger partial charge on any atom is -0.491 e. The van der Waals surface area contributed by atoms with Crippen molar-refractivity contribution in [3.05, 3.63) is 53.6 Å². The van der Waals surface area contributed by atoms with Crippen molar-refractivity contribution in [2.75, 3.05) is 38.3 Å². The van der Waals surface area contributed by atoms with Crippen molar-refractivity contribution < 1.29 is 24.2 Å². The minimum absolute atomic E-state index is 0.146. The molecule has 0 fully saturated rings. The van der Waals surface area contributed by atoms with Gasteiger partial charge in [-0.25, -0.2) is 9.59 Å². The van der Waals surface area contributed by atoms with Crippen LogP contribution in [0.2, 0.25) is 0 Å². The molecule has 0 aromatic heterocycles. The fraction of sp³-hybridized carbons (Fsp3) is 0.429.